The minimum absolute atomic E-state index is 0.0544. The molecule has 1 saturated heterocycles. The van der Waals surface area contributed by atoms with Crippen LogP contribution in [0.4, 0.5) is 0 Å². The van der Waals surface area contributed by atoms with Crippen molar-refractivity contribution in [1.82, 2.24) is 4.90 Å². The molecule has 2 aromatic carbocycles. The molecule has 6 nitrogen and oxygen atoms in total. The third-order valence-corrected chi connectivity index (χ3v) is 6.15. The summed E-state index contributed by atoms with van der Waals surface area (Å²) in [6.07, 6.45) is 4.87. The van der Waals surface area contributed by atoms with Gasteiger partial charge in [0.2, 0.25) is 0 Å². The molecule has 0 spiro atoms. The molecule has 6 heteroatoms. The zero-order chi connectivity index (χ0) is 22.1. The monoisotopic (exact) mass is 421 g/mol. The van der Waals surface area contributed by atoms with Crippen molar-refractivity contribution in [2.45, 2.75) is 45.1 Å². The summed E-state index contributed by atoms with van der Waals surface area (Å²) >= 11 is 0. The number of fused-ring (bicyclic) bond motifs is 1. The number of ketones is 1. The maximum absolute atomic E-state index is 13.0. The van der Waals surface area contributed by atoms with Crippen molar-refractivity contribution in [2.24, 2.45) is 0 Å². The second kappa shape index (κ2) is 8.46. The molecule has 162 valence electrons. The van der Waals surface area contributed by atoms with Gasteiger partial charge in [0, 0.05) is 12.1 Å². The Labute approximate surface area is 181 Å². The summed E-state index contributed by atoms with van der Waals surface area (Å²) in [5, 5.41) is 21.5. The zero-order valence-corrected chi connectivity index (χ0v) is 17.9. The van der Waals surface area contributed by atoms with Crippen LogP contribution in [0.2, 0.25) is 0 Å². The minimum atomic E-state index is -0.771. The predicted molar refractivity (Wildman–Crippen MR) is 117 cm³/mol. The van der Waals surface area contributed by atoms with E-state index in [4.69, 9.17) is 4.74 Å². The molecule has 31 heavy (non-hydrogen) atoms. The molecule has 0 saturated carbocycles. The number of rotatable bonds is 5. The van der Waals surface area contributed by atoms with Crippen LogP contribution >= 0.6 is 0 Å². The number of Topliss-reactive ketones (excluding diaryl/α,β-unsaturated/α-hetero) is 1. The van der Waals surface area contributed by atoms with Crippen molar-refractivity contribution < 1.29 is 24.5 Å². The Bertz CT molecular complexity index is 1070. The number of likely N-dealkylation sites (tertiary alicyclic amines) is 1. The number of phenols is 1. The molecule has 2 aliphatic rings. The smallest absolute Gasteiger partial charge is 0.295 e. The lowest BCUT2D eigenvalue weighted by atomic mass is 9.88. The maximum atomic E-state index is 13.0. The number of methoxy groups -OCH3 is 1. The van der Waals surface area contributed by atoms with E-state index >= 15 is 0 Å². The second-order valence-electron chi connectivity index (χ2n) is 8.11. The molecule has 0 aromatic heterocycles. The number of ether oxygens (including phenoxy) is 1. The fourth-order valence-corrected chi connectivity index (χ4v) is 4.61. The quantitative estimate of drug-likeness (QED) is 0.431. The Morgan fingerprint density at radius 2 is 1.84 bits per heavy atom. The van der Waals surface area contributed by atoms with Gasteiger partial charge >= 0.3 is 0 Å². The summed E-state index contributed by atoms with van der Waals surface area (Å²) in [5.41, 5.74) is 3.59. The molecule has 1 amide bonds. The Kier molecular flexibility index (Phi) is 5.72. The van der Waals surface area contributed by atoms with E-state index in [0.717, 1.165) is 25.7 Å². The van der Waals surface area contributed by atoms with Crippen LogP contribution in [0.25, 0.3) is 5.76 Å². The van der Waals surface area contributed by atoms with Gasteiger partial charge in [0.05, 0.1) is 18.7 Å². The predicted octanol–water partition coefficient (Wildman–Crippen LogP) is 4.11. The van der Waals surface area contributed by atoms with Gasteiger partial charge in [-0.15, -0.1) is 0 Å². The topological polar surface area (TPSA) is 87.1 Å². The molecule has 1 atom stereocenters. The zero-order valence-electron chi connectivity index (χ0n) is 17.9. The van der Waals surface area contributed by atoms with Gasteiger partial charge in [-0.25, -0.2) is 0 Å². The van der Waals surface area contributed by atoms with Crippen LogP contribution in [0.1, 0.15) is 54.5 Å². The van der Waals surface area contributed by atoms with Gasteiger partial charge in [-0.2, -0.15) is 0 Å². The van der Waals surface area contributed by atoms with Crippen LogP contribution in [0, 0.1) is 0 Å². The summed E-state index contributed by atoms with van der Waals surface area (Å²) in [6, 6.07) is 9.76. The summed E-state index contributed by atoms with van der Waals surface area (Å²) in [5.74, 6) is -1.31. The van der Waals surface area contributed by atoms with E-state index < -0.39 is 17.7 Å². The van der Waals surface area contributed by atoms with E-state index in [-0.39, 0.29) is 17.1 Å². The van der Waals surface area contributed by atoms with E-state index in [9.17, 15) is 19.8 Å². The Hall–Kier alpha value is -3.28. The van der Waals surface area contributed by atoms with E-state index in [1.54, 1.807) is 12.1 Å². The normalized spacial score (nSPS) is 20.1. The molecule has 1 heterocycles. The van der Waals surface area contributed by atoms with E-state index in [1.807, 2.05) is 25.1 Å². The van der Waals surface area contributed by atoms with Crippen LogP contribution in [-0.2, 0) is 22.4 Å². The van der Waals surface area contributed by atoms with Crippen molar-refractivity contribution in [2.75, 3.05) is 13.7 Å². The SMILES string of the molecule is CCCN1C(=O)C(=O)/C(=C(\O)c2ccc3c(c2)CCCC3)C1c1ccc(OC)c(O)c1. The number of hydrogen-bond acceptors (Lipinski definition) is 5. The van der Waals surface area contributed by atoms with E-state index in [1.165, 1.54) is 29.2 Å². The molecule has 1 fully saturated rings. The molecule has 2 N–H and O–H groups in total. The van der Waals surface area contributed by atoms with Crippen molar-refractivity contribution in [1.29, 1.82) is 0 Å². The number of aliphatic hydroxyl groups excluding tert-OH is 1. The van der Waals surface area contributed by atoms with Gasteiger partial charge in [-0.05, 0) is 67.0 Å². The third-order valence-electron chi connectivity index (χ3n) is 6.15. The van der Waals surface area contributed by atoms with Crippen molar-refractivity contribution in [3.63, 3.8) is 0 Å². The number of amides is 1. The molecule has 4 rings (SSSR count). The third kappa shape index (κ3) is 3.67. The molecular formula is C25H27NO5. The number of aliphatic hydroxyl groups is 1. The van der Waals surface area contributed by atoms with E-state index in [2.05, 4.69) is 0 Å². The Morgan fingerprint density at radius 3 is 2.52 bits per heavy atom. The fraction of sp³-hybridized carbons (Fsp3) is 0.360. The number of aryl methyl sites for hydroxylation is 2. The standard InChI is InChI=1S/C25H27NO5/c1-3-12-26-22(17-10-11-20(31-2)19(27)14-17)21(24(29)25(26)30)23(28)18-9-8-15-6-4-5-7-16(15)13-18/h8-11,13-14,22,27-28H,3-7,12H2,1-2H3/b23-21-. The number of carbonyl (C=O) groups excluding carboxylic acids is 2. The highest BCUT2D eigenvalue weighted by Gasteiger charge is 2.45. The van der Waals surface area contributed by atoms with Crippen LogP contribution < -0.4 is 4.74 Å². The molecule has 0 radical (unpaired) electrons. The Morgan fingerprint density at radius 1 is 1.10 bits per heavy atom. The fourth-order valence-electron chi connectivity index (χ4n) is 4.61. The van der Waals surface area contributed by atoms with Crippen LogP contribution in [0.3, 0.4) is 0 Å². The summed E-state index contributed by atoms with van der Waals surface area (Å²) in [4.78, 5) is 27.3. The van der Waals surface area contributed by atoms with Crippen LogP contribution in [0.15, 0.2) is 42.0 Å². The van der Waals surface area contributed by atoms with Gasteiger partial charge in [0.25, 0.3) is 11.7 Å². The van der Waals surface area contributed by atoms with Crippen molar-refractivity contribution in [3.05, 3.63) is 64.2 Å². The largest absolute Gasteiger partial charge is 0.507 e. The highest BCUT2D eigenvalue weighted by atomic mass is 16.5. The maximum Gasteiger partial charge on any atom is 0.295 e. The van der Waals surface area contributed by atoms with Gasteiger partial charge in [-0.1, -0.05) is 25.1 Å². The highest BCUT2D eigenvalue weighted by molar-refractivity contribution is 6.46. The summed E-state index contributed by atoms with van der Waals surface area (Å²) in [6.45, 7) is 2.29. The van der Waals surface area contributed by atoms with Gasteiger partial charge in [-0.3, -0.25) is 9.59 Å². The van der Waals surface area contributed by atoms with E-state index in [0.29, 0.717) is 29.8 Å². The first kappa shape index (κ1) is 21.0. The number of hydrogen-bond donors (Lipinski definition) is 2. The number of carbonyl (C=O) groups is 2. The Balaban J connectivity index is 1.85. The minimum Gasteiger partial charge on any atom is -0.507 e. The van der Waals surface area contributed by atoms with Crippen LogP contribution in [-0.4, -0.2) is 40.5 Å². The number of nitrogens with zero attached hydrogens (tertiary/aromatic N) is 1. The highest BCUT2D eigenvalue weighted by Crippen LogP contribution is 2.42. The molecule has 1 aliphatic carbocycles. The first-order valence-electron chi connectivity index (χ1n) is 10.7. The molecule has 1 unspecified atom stereocenters. The van der Waals surface area contributed by atoms with Crippen molar-refractivity contribution >= 4 is 17.4 Å². The average molecular weight is 421 g/mol. The number of benzene rings is 2. The van der Waals surface area contributed by atoms with Gasteiger partial charge in [0.1, 0.15) is 5.76 Å². The first-order chi connectivity index (χ1) is 15.0. The van der Waals surface area contributed by atoms with Crippen LogP contribution in [0.5, 0.6) is 11.5 Å². The average Bonchev–Trinajstić information content (AvgIpc) is 3.03. The summed E-state index contributed by atoms with van der Waals surface area (Å²) < 4.78 is 5.12. The van der Waals surface area contributed by atoms with Gasteiger partial charge < -0.3 is 19.8 Å². The lowest BCUT2D eigenvalue weighted by Crippen LogP contribution is -2.30. The molecule has 2 aromatic rings. The van der Waals surface area contributed by atoms with Gasteiger partial charge in [0.15, 0.2) is 11.5 Å². The molecular weight excluding hydrogens is 394 g/mol. The van der Waals surface area contributed by atoms with Crippen molar-refractivity contribution in [3.8, 4) is 11.5 Å². The number of aromatic hydroxyl groups is 1. The second-order valence-corrected chi connectivity index (χ2v) is 8.11. The lowest BCUT2D eigenvalue weighted by Gasteiger charge is -2.25. The first-order valence-corrected chi connectivity index (χ1v) is 10.7. The summed E-state index contributed by atoms with van der Waals surface area (Å²) in [7, 11) is 1.45. The number of phenolic OH excluding ortho intramolecular Hbond substituents is 1. The lowest BCUT2D eigenvalue weighted by molar-refractivity contribution is -0.139. The molecule has 0 bridgehead atoms. The molecule has 1 aliphatic heterocycles.